The van der Waals surface area contributed by atoms with Crippen molar-refractivity contribution < 1.29 is 0 Å². The summed E-state index contributed by atoms with van der Waals surface area (Å²) in [6, 6.07) is 0.535. The summed E-state index contributed by atoms with van der Waals surface area (Å²) in [5.41, 5.74) is 2.22. The summed E-state index contributed by atoms with van der Waals surface area (Å²) in [6.07, 6.45) is 9.70. The lowest BCUT2D eigenvalue weighted by Gasteiger charge is -2.30. The number of piperidine rings is 1. The van der Waals surface area contributed by atoms with Crippen LogP contribution >= 0.6 is 0 Å². The minimum Gasteiger partial charge on any atom is -0.329 e. The van der Waals surface area contributed by atoms with Crippen LogP contribution in [0.5, 0.6) is 0 Å². The number of nitrogens with one attached hydrogen (secondary N) is 1. The van der Waals surface area contributed by atoms with Crippen LogP contribution in [0.25, 0.3) is 0 Å². The lowest BCUT2D eigenvalue weighted by molar-refractivity contribution is 0.324. The lowest BCUT2D eigenvalue weighted by Crippen LogP contribution is -2.37. The fraction of sp³-hybridized carbons (Fsp3) is 0.538. The van der Waals surface area contributed by atoms with E-state index in [1.807, 2.05) is 19.3 Å². The maximum absolute atomic E-state index is 6.02. The van der Waals surface area contributed by atoms with E-state index in [1.54, 1.807) is 17.5 Å². The Morgan fingerprint density at radius 1 is 1.37 bits per heavy atom. The summed E-state index contributed by atoms with van der Waals surface area (Å²) in [5.74, 6) is 6.02. The van der Waals surface area contributed by atoms with Gasteiger partial charge >= 0.3 is 0 Å². The Labute approximate surface area is 113 Å². The molecular weight excluding hydrogens is 240 g/mol. The number of nitrogens with two attached hydrogens (primary N) is 1. The predicted molar refractivity (Wildman–Crippen MR) is 74.5 cm³/mol. The van der Waals surface area contributed by atoms with Gasteiger partial charge in [0.2, 0.25) is 0 Å². The van der Waals surface area contributed by atoms with Gasteiger partial charge in [0, 0.05) is 12.2 Å². The van der Waals surface area contributed by atoms with Gasteiger partial charge in [-0.25, -0.2) is 15.8 Å². The Morgan fingerprint density at radius 3 is 2.89 bits per heavy atom. The number of aliphatic imine (C=N–C) groups is 1. The van der Waals surface area contributed by atoms with Crippen LogP contribution in [0.2, 0.25) is 0 Å². The number of nitrogens with zero attached hydrogens (tertiary/aromatic N) is 4. The molecule has 0 saturated carbocycles. The van der Waals surface area contributed by atoms with E-state index in [0.29, 0.717) is 6.04 Å². The van der Waals surface area contributed by atoms with E-state index in [4.69, 9.17) is 5.84 Å². The average Bonchev–Trinajstić information content (AvgIpc) is 2.82. The molecule has 102 valence electrons. The largest absolute Gasteiger partial charge is 0.329 e. The smallest absolute Gasteiger partial charge is 0.108 e. The van der Waals surface area contributed by atoms with E-state index in [-0.39, 0.29) is 6.04 Å². The third kappa shape index (κ3) is 2.29. The second-order valence-electron chi connectivity index (χ2n) is 5.10. The molecule has 2 aliphatic heterocycles. The van der Waals surface area contributed by atoms with Gasteiger partial charge in [-0.3, -0.25) is 5.01 Å². The Bertz CT molecular complexity index is 497. The molecule has 0 bridgehead atoms. The van der Waals surface area contributed by atoms with E-state index in [9.17, 15) is 0 Å². The molecule has 6 heteroatoms. The molecule has 3 rings (SSSR count). The minimum atomic E-state index is 0.0230. The van der Waals surface area contributed by atoms with Gasteiger partial charge < -0.3 is 9.88 Å². The molecule has 19 heavy (non-hydrogen) atoms. The number of aromatic nitrogens is 2. The minimum absolute atomic E-state index is 0.0230. The van der Waals surface area contributed by atoms with Crippen LogP contribution in [0.4, 0.5) is 0 Å². The highest BCUT2D eigenvalue weighted by Gasteiger charge is 2.26. The Balaban J connectivity index is 1.94. The zero-order valence-electron chi connectivity index (χ0n) is 11.2. The molecule has 0 spiro atoms. The highest BCUT2D eigenvalue weighted by molar-refractivity contribution is 5.58. The molecule has 1 saturated heterocycles. The summed E-state index contributed by atoms with van der Waals surface area (Å²) < 4.78 is 2.30. The van der Waals surface area contributed by atoms with E-state index in [0.717, 1.165) is 31.6 Å². The van der Waals surface area contributed by atoms with Crippen LogP contribution in [-0.2, 0) is 0 Å². The SMILES string of the molecule is Cc1ncn(C2CCNCC2)c1C1C=CN=CN1N. The number of hydrogen-bond donors (Lipinski definition) is 2. The molecule has 1 aromatic rings. The number of imidazole rings is 1. The molecule has 1 aromatic heterocycles. The molecule has 0 amide bonds. The predicted octanol–water partition coefficient (Wildman–Crippen LogP) is 0.888. The third-order valence-corrected chi connectivity index (χ3v) is 3.88. The maximum Gasteiger partial charge on any atom is 0.108 e. The average molecular weight is 260 g/mol. The topological polar surface area (TPSA) is 71.5 Å². The molecular formula is C13H20N6. The van der Waals surface area contributed by atoms with E-state index < -0.39 is 0 Å². The van der Waals surface area contributed by atoms with Crippen LogP contribution < -0.4 is 11.2 Å². The molecule has 1 unspecified atom stereocenters. The summed E-state index contributed by atoms with van der Waals surface area (Å²) in [5, 5.41) is 5.04. The second kappa shape index (κ2) is 5.14. The molecule has 0 aliphatic carbocycles. The van der Waals surface area contributed by atoms with Crippen molar-refractivity contribution in [2.75, 3.05) is 13.1 Å². The van der Waals surface area contributed by atoms with Crippen molar-refractivity contribution >= 4 is 6.34 Å². The van der Waals surface area contributed by atoms with Gasteiger partial charge in [-0.05, 0) is 38.9 Å². The molecule has 2 aliphatic rings. The highest BCUT2D eigenvalue weighted by atomic mass is 15.4. The van der Waals surface area contributed by atoms with Gasteiger partial charge in [0.25, 0.3) is 0 Å². The van der Waals surface area contributed by atoms with Crippen molar-refractivity contribution in [1.29, 1.82) is 0 Å². The first kappa shape index (κ1) is 12.4. The normalized spacial score (nSPS) is 24.1. The van der Waals surface area contributed by atoms with Crippen molar-refractivity contribution in [3.05, 3.63) is 30.0 Å². The highest BCUT2D eigenvalue weighted by Crippen LogP contribution is 2.29. The summed E-state index contributed by atoms with van der Waals surface area (Å²) >= 11 is 0. The first-order valence-electron chi connectivity index (χ1n) is 6.74. The van der Waals surface area contributed by atoms with Crippen molar-refractivity contribution in [2.24, 2.45) is 10.8 Å². The van der Waals surface area contributed by atoms with Crippen LogP contribution in [0, 0.1) is 6.92 Å². The molecule has 0 radical (unpaired) electrons. The molecule has 1 atom stereocenters. The van der Waals surface area contributed by atoms with Crippen molar-refractivity contribution in [1.82, 2.24) is 19.9 Å². The number of aryl methyl sites for hydroxylation is 1. The number of hydrogen-bond acceptors (Lipinski definition) is 5. The van der Waals surface area contributed by atoms with Crippen molar-refractivity contribution in [3.63, 3.8) is 0 Å². The van der Waals surface area contributed by atoms with Crippen LogP contribution in [0.3, 0.4) is 0 Å². The first-order valence-corrected chi connectivity index (χ1v) is 6.74. The fourth-order valence-corrected chi connectivity index (χ4v) is 2.86. The van der Waals surface area contributed by atoms with Gasteiger partial charge in [0.1, 0.15) is 12.4 Å². The Kier molecular flexibility index (Phi) is 3.35. The molecule has 0 aromatic carbocycles. The van der Waals surface area contributed by atoms with Crippen molar-refractivity contribution in [3.8, 4) is 0 Å². The Hall–Kier alpha value is -1.66. The van der Waals surface area contributed by atoms with Gasteiger partial charge in [0.05, 0.1) is 17.7 Å². The maximum atomic E-state index is 6.02. The van der Waals surface area contributed by atoms with Crippen LogP contribution in [0.1, 0.15) is 36.3 Å². The van der Waals surface area contributed by atoms with Gasteiger partial charge in [-0.2, -0.15) is 0 Å². The van der Waals surface area contributed by atoms with Gasteiger partial charge in [-0.15, -0.1) is 0 Å². The zero-order valence-corrected chi connectivity index (χ0v) is 11.2. The van der Waals surface area contributed by atoms with Crippen molar-refractivity contribution in [2.45, 2.75) is 31.8 Å². The van der Waals surface area contributed by atoms with Gasteiger partial charge in [-0.1, -0.05) is 0 Å². The monoisotopic (exact) mass is 260 g/mol. The number of hydrazine groups is 1. The summed E-state index contributed by atoms with van der Waals surface area (Å²) in [7, 11) is 0. The van der Waals surface area contributed by atoms with Gasteiger partial charge in [0.15, 0.2) is 0 Å². The zero-order chi connectivity index (χ0) is 13.2. The summed E-state index contributed by atoms with van der Waals surface area (Å²) in [4.78, 5) is 8.53. The number of rotatable bonds is 2. The summed E-state index contributed by atoms with van der Waals surface area (Å²) in [6.45, 7) is 4.17. The fourth-order valence-electron chi connectivity index (χ4n) is 2.86. The quantitative estimate of drug-likeness (QED) is 0.775. The van der Waals surface area contributed by atoms with E-state index in [2.05, 4.69) is 19.9 Å². The Morgan fingerprint density at radius 2 is 2.16 bits per heavy atom. The molecule has 3 N–H and O–H groups in total. The van der Waals surface area contributed by atoms with Crippen LogP contribution in [0.15, 0.2) is 23.6 Å². The second-order valence-corrected chi connectivity index (χ2v) is 5.10. The molecule has 6 nitrogen and oxygen atoms in total. The standard InChI is InChI=1S/C13H20N6/c1-10-13(12-4-7-16-8-19(12)14)18(9-17-10)11-2-5-15-6-3-11/h4,7-9,11-12,15H,2-3,5-6,14H2,1H3. The van der Waals surface area contributed by atoms with E-state index >= 15 is 0 Å². The molecule has 1 fully saturated rings. The van der Waals surface area contributed by atoms with E-state index in [1.165, 1.54) is 5.69 Å². The van der Waals surface area contributed by atoms with Crippen LogP contribution in [-0.4, -0.2) is 34.0 Å². The lowest BCUT2D eigenvalue weighted by atomic mass is 10.0. The third-order valence-electron chi connectivity index (χ3n) is 3.88. The molecule has 3 heterocycles. The first-order chi connectivity index (χ1) is 9.27.